The Morgan fingerprint density at radius 1 is 1.25 bits per heavy atom. The van der Waals surface area contributed by atoms with E-state index in [0.29, 0.717) is 30.6 Å². The van der Waals surface area contributed by atoms with Crippen LogP contribution in [0.3, 0.4) is 0 Å². The summed E-state index contributed by atoms with van der Waals surface area (Å²) in [6.07, 6.45) is 0.477. The second kappa shape index (κ2) is 8.36. The summed E-state index contributed by atoms with van der Waals surface area (Å²) in [7, 11) is 0. The number of hydrogen-bond donors (Lipinski definition) is 3. The van der Waals surface area contributed by atoms with Gasteiger partial charge in [0.1, 0.15) is 11.5 Å². The number of rotatable bonds is 5. The van der Waals surface area contributed by atoms with Crippen molar-refractivity contribution < 1.29 is 19.7 Å². The van der Waals surface area contributed by atoms with Gasteiger partial charge in [-0.15, -0.1) is 0 Å². The van der Waals surface area contributed by atoms with Gasteiger partial charge in [-0.1, -0.05) is 0 Å². The summed E-state index contributed by atoms with van der Waals surface area (Å²) >= 11 is 6.12. The van der Waals surface area contributed by atoms with Gasteiger partial charge in [0.2, 0.25) is 0 Å². The number of aromatic hydroxyl groups is 1. The van der Waals surface area contributed by atoms with E-state index in [2.05, 4.69) is 22.6 Å². The molecule has 0 unspecified atom stereocenters. The van der Waals surface area contributed by atoms with Crippen LogP contribution >= 0.6 is 67.8 Å². The minimum absolute atomic E-state index is 0.139. The number of hydrogen-bond acceptors (Lipinski definition) is 4. The smallest absolute Gasteiger partial charge is 0.337 e. The number of carboxylic acids is 1. The van der Waals surface area contributed by atoms with Crippen LogP contribution in [-0.2, 0) is 6.42 Å². The van der Waals surface area contributed by atoms with E-state index in [0.717, 1.165) is 3.57 Å². The third kappa shape index (κ3) is 4.64. The van der Waals surface area contributed by atoms with Crippen LogP contribution in [-0.4, -0.2) is 22.2 Å². The Morgan fingerprint density at radius 2 is 1.92 bits per heavy atom. The number of carboxylic acid groups (broad SMARTS) is 1. The van der Waals surface area contributed by atoms with Crippen molar-refractivity contribution in [3.63, 3.8) is 0 Å². The summed E-state index contributed by atoms with van der Waals surface area (Å²) in [5, 5.41) is 19.2. The molecule has 0 aliphatic carbocycles. The van der Waals surface area contributed by atoms with E-state index in [1.807, 2.05) is 52.1 Å². The highest BCUT2D eigenvalue weighted by Crippen LogP contribution is 2.37. The number of nitrogens with two attached hydrogens (primary N) is 1. The van der Waals surface area contributed by atoms with Crippen LogP contribution in [0.4, 0.5) is 0 Å². The molecule has 0 bridgehead atoms. The van der Waals surface area contributed by atoms with E-state index in [4.69, 9.17) is 10.5 Å². The average Bonchev–Trinajstić information content (AvgIpc) is 2.46. The molecule has 0 fully saturated rings. The molecule has 0 saturated heterocycles. The Hall–Kier alpha value is -0.340. The lowest BCUT2D eigenvalue weighted by Crippen LogP contribution is -2.20. The number of carbonyl (C=O) groups is 1. The zero-order chi connectivity index (χ0) is 18.0. The molecule has 0 aliphatic heterocycles. The number of phenols is 1. The predicted molar refractivity (Wildman–Crippen MR) is 117 cm³/mol. The van der Waals surface area contributed by atoms with Gasteiger partial charge in [0.25, 0.3) is 0 Å². The van der Waals surface area contributed by atoms with Gasteiger partial charge in [0, 0.05) is 6.04 Å². The first-order chi connectivity index (χ1) is 11.2. The van der Waals surface area contributed by atoms with Gasteiger partial charge >= 0.3 is 5.97 Å². The van der Waals surface area contributed by atoms with Crippen LogP contribution in [0.1, 0.15) is 22.8 Å². The molecule has 2 aromatic carbocycles. The Morgan fingerprint density at radius 3 is 2.46 bits per heavy atom. The molecule has 128 valence electrons. The zero-order valence-electron chi connectivity index (χ0n) is 12.5. The number of ether oxygens (including phenoxy) is 1. The molecule has 0 amide bonds. The minimum Gasteiger partial charge on any atom is -0.507 e. The topological polar surface area (TPSA) is 92.8 Å². The van der Waals surface area contributed by atoms with E-state index in [1.54, 1.807) is 24.3 Å². The van der Waals surface area contributed by atoms with Crippen LogP contribution in [0.15, 0.2) is 24.3 Å². The van der Waals surface area contributed by atoms with E-state index < -0.39 is 5.97 Å². The molecule has 2 aromatic rings. The van der Waals surface area contributed by atoms with E-state index in [1.165, 1.54) is 0 Å². The molecule has 1 atom stereocenters. The maximum absolute atomic E-state index is 11.7. The lowest BCUT2D eigenvalue weighted by molar-refractivity contribution is 0.0694. The quantitative estimate of drug-likeness (QED) is 0.407. The first-order valence-electron chi connectivity index (χ1n) is 6.86. The van der Waals surface area contributed by atoms with Gasteiger partial charge in [-0.25, -0.2) is 4.79 Å². The van der Waals surface area contributed by atoms with Gasteiger partial charge in [-0.05, 0) is 111 Å². The Kier molecular flexibility index (Phi) is 6.96. The van der Waals surface area contributed by atoms with Crippen molar-refractivity contribution in [2.24, 2.45) is 5.73 Å². The van der Waals surface area contributed by atoms with Gasteiger partial charge in [-0.3, -0.25) is 0 Å². The molecule has 5 nitrogen and oxygen atoms in total. The summed E-state index contributed by atoms with van der Waals surface area (Å²) < 4.78 is 7.90. The fourth-order valence-corrected chi connectivity index (χ4v) is 4.89. The number of aromatic carboxylic acids is 1. The number of benzene rings is 2. The molecule has 0 aromatic heterocycles. The molecular weight excluding hydrogens is 651 g/mol. The highest BCUT2D eigenvalue weighted by atomic mass is 127. The summed E-state index contributed by atoms with van der Waals surface area (Å²) in [5.74, 6) is 0.190. The third-order valence-electron chi connectivity index (χ3n) is 3.15. The van der Waals surface area contributed by atoms with E-state index in [9.17, 15) is 15.0 Å². The van der Waals surface area contributed by atoms with Crippen molar-refractivity contribution in [3.8, 4) is 17.2 Å². The van der Waals surface area contributed by atoms with Crippen molar-refractivity contribution in [2.45, 2.75) is 19.4 Å². The van der Waals surface area contributed by atoms with Crippen LogP contribution in [0.5, 0.6) is 17.2 Å². The lowest BCUT2D eigenvalue weighted by atomic mass is 10.0. The molecule has 0 saturated carbocycles. The van der Waals surface area contributed by atoms with Crippen molar-refractivity contribution in [1.82, 2.24) is 0 Å². The number of phenolic OH excluding ortho intramolecular Hbond substituents is 1. The highest BCUT2D eigenvalue weighted by molar-refractivity contribution is 14.1. The highest BCUT2D eigenvalue weighted by Gasteiger charge is 2.22. The molecule has 0 radical (unpaired) electrons. The monoisotopic (exact) mass is 665 g/mol. The molecule has 0 aliphatic rings. The fraction of sp³-hybridized carbons (Fsp3) is 0.188. The normalized spacial score (nSPS) is 12.0. The Labute approximate surface area is 180 Å². The van der Waals surface area contributed by atoms with Gasteiger partial charge < -0.3 is 20.7 Å². The standard InChI is InChI=1S/C16H14I3NO4/c1-7(20)4-8-5-11(18)15(14(19)13(8)16(22)23)24-9-2-3-12(21)10(17)6-9/h2-3,5-7,21H,4,20H2,1H3,(H,22,23)/t7-/m1/s1. The maximum Gasteiger partial charge on any atom is 0.337 e. The fourth-order valence-electron chi connectivity index (χ4n) is 2.15. The predicted octanol–water partition coefficient (Wildman–Crippen LogP) is 4.59. The summed E-state index contributed by atoms with van der Waals surface area (Å²) in [6, 6.07) is 6.54. The second-order valence-corrected chi connectivity index (χ2v) is 8.64. The van der Waals surface area contributed by atoms with Crippen molar-refractivity contribution >= 4 is 73.7 Å². The molecule has 4 N–H and O–H groups in total. The Bertz CT molecular complexity index is 793. The second-order valence-electron chi connectivity index (χ2n) is 5.24. The summed E-state index contributed by atoms with van der Waals surface area (Å²) in [5.41, 5.74) is 6.75. The first-order valence-corrected chi connectivity index (χ1v) is 10.1. The minimum atomic E-state index is -1.00. The molecule has 0 spiro atoms. The molecule has 8 heteroatoms. The van der Waals surface area contributed by atoms with Crippen molar-refractivity contribution in [3.05, 3.63) is 46.1 Å². The van der Waals surface area contributed by atoms with E-state index in [-0.39, 0.29) is 17.4 Å². The largest absolute Gasteiger partial charge is 0.507 e. The van der Waals surface area contributed by atoms with Gasteiger partial charge in [0.15, 0.2) is 5.75 Å². The van der Waals surface area contributed by atoms with Crippen LogP contribution < -0.4 is 10.5 Å². The molecule has 2 rings (SSSR count). The summed E-state index contributed by atoms with van der Waals surface area (Å²) in [6.45, 7) is 1.84. The lowest BCUT2D eigenvalue weighted by Gasteiger charge is -2.17. The maximum atomic E-state index is 11.7. The first kappa shape index (κ1) is 20.0. The van der Waals surface area contributed by atoms with Gasteiger partial charge in [0.05, 0.1) is 16.3 Å². The van der Waals surface area contributed by atoms with Crippen molar-refractivity contribution in [2.75, 3.05) is 0 Å². The molecular formula is C16H14I3NO4. The van der Waals surface area contributed by atoms with Crippen LogP contribution in [0.25, 0.3) is 0 Å². The average molecular weight is 665 g/mol. The summed E-state index contributed by atoms with van der Waals surface area (Å²) in [4.78, 5) is 11.7. The zero-order valence-corrected chi connectivity index (χ0v) is 19.0. The van der Waals surface area contributed by atoms with Gasteiger partial charge in [-0.2, -0.15) is 0 Å². The number of halogens is 3. The molecule has 24 heavy (non-hydrogen) atoms. The molecule has 0 heterocycles. The third-order valence-corrected chi connectivity index (χ3v) is 5.85. The van der Waals surface area contributed by atoms with E-state index >= 15 is 0 Å². The SMILES string of the molecule is C[C@@H](N)Cc1cc(I)c(Oc2ccc(O)c(I)c2)c(I)c1C(=O)O. The van der Waals surface area contributed by atoms with Crippen molar-refractivity contribution in [1.29, 1.82) is 0 Å². The van der Waals surface area contributed by atoms with Crippen LogP contribution in [0.2, 0.25) is 0 Å². The Balaban J connectivity index is 2.52. The van der Waals surface area contributed by atoms with Crippen LogP contribution in [0, 0.1) is 10.7 Å².